The lowest BCUT2D eigenvalue weighted by Crippen LogP contribution is -2.23. The Labute approximate surface area is 168 Å². The highest BCUT2D eigenvalue weighted by Gasteiger charge is 2.12. The number of anilines is 1. The van der Waals surface area contributed by atoms with E-state index in [9.17, 15) is 19.7 Å². The van der Waals surface area contributed by atoms with E-state index in [0.29, 0.717) is 5.69 Å². The predicted octanol–water partition coefficient (Wildman–Crippen LogP) is 4.12. The van der Waals surface area contributed by atoms with Gasteiger partial charge in [-0.1, -0.05) is 34.8 Å². The second-order valence-corrected chi connectivity index (χ2v) is 6.22. The molecule has 0 aromatic heterocycles. The van der Waals surface area contributed by atoms with Gasteiger partial charge in [0.15, 0.2) is 13.2 Å². The molecule has 11 heteroatoms. The third-order valence-corrected chi connectivity index (χ3v) is 4.06. The summed E-state index contributed by atoms with van der Waals surface area (Å²) in [6.07, 6.45) is 0. The highest BCUT2D eigenvalue weighted by atomic mass is 35.5. The summed E-state index contributed by atoms with van der Waals surface area (Å²) in [7, 11) is 0. The van der Waals surface area contributed by atoms with Crippen LogP contribution in [0.4, 0.5) is 11.4 Å². The number of carbonyl (C=O) groups is 2. The van der Waals surface area contributed by atoms with Crippen LogP contribution in [0, 0.1) is 10.1 Å². The number of amides is 1. The van der Waals surface area contributed by atoms with Crippen molar-refractivity contribution < 1.29 is 24.0 Å². The zero-order chi connectivity index (χ0) is 20.0. The largest absolute Gasteiger partial charge is 0.480 e. The first-order chi connectivity index (χ1) is 12.8. The van der Waals surface area contributed by atoms with Gasteiger partial charge in [-0.3, -0.25) is 14.9 Å². The molecule has 0 atom stereocenters. The molecule has 0 saturated heterocycles. The number of esters is 1. The number of nitro benzene ring substituents is 1. The van der Waals surface area contributed by atoms with Crippen LogP contribution in [0.5, 0.6) is 5.75 Å². The quantitative estimate of drug-likeness (QED) is 0.305. The number of rotatable bonds is 7. The normalized spacial score (nSPS) is 10.2. The molecule has 0 spiro atoms. The van der Waals surface area contributed by atoms with Crippen molar-refractivity contribution in [1.82, 2.24) is 0 Å². The molecule has 0 bridgehead atoms. The number of hydrogen-bond acceptors (Lipinski definition) is 6. The van der Waals surface area contributed by atoms with Crippen molar-refractivity contribution >= 4 is 58.1 Å². The van der Waals surface area contributed by atoms with Crippen LogP contribution in [-0.4, -0.2) is 30.0 Å². The van der Waals surface area contributed by atoms with Crippen molar-refractivity contribution in [1.29, 1.82) is 0 Å². The molecule has 2 rings (SSSR count). The third-order valence-electron chi connectivity index (χ3n) is 3.05. The van der Waals surface area contributed by atoms with Gasteiger partial charge >= 0.3 is 5.97 Å². The van der Waals surface area contributed by atoms with Crippen molar-refractivity contribution in [2.45, 2.75) is 0 Å². The Kier molecular flexibility index (Phi) is 7.23. The Bertz CT molecular complexity index is 873. The molecule has 27 heavy (non-hydrogen) atoms. The minimum Gasteiger partial charge on any atom is -0.480 e. The van der Waals surface area contributed by atoms with E-state index < -0.39 is 30.0 Å². The molecule has 0 aliphatic rings. The number of nitrogens with one attached hydrogen (secondary N) is 1. The Balaban J connectivity index is 1.78. The smallest absolute Gasteiger partial charge is 0.344 e. The second-order valence-electron chi connectivity index (χ2n) is 5.00. The first-order valence-corrected chi connectivity index (χ1v) is 8.37. The first kappa shape index (κ1) is 20.8. The maximum atomic E-state index is 11.7. The number of halogens is 3. The first-order valence-electron chi connectivity index (χ1n) is 7.23. The van der Waals surface area contributed by atoms with E-state index >= 15 is 0 Å². The second kappa shape index (κ2) is 9.40. The molecule has 1 N–H and O–H groups in total. The van der Waals surface area contributed by atoms with Crippen LogP contribution in [0.1, 0.15) is 0 Å². The summed E-state index contributed by atoms with van der Waals surface area (Å²) in [5.41, 5.74) is 0.207. The minimum absolute atomic E-state index is 0.113. The number of ether oxygens (including phenoxy) is 2. The molecule has 0 aliphatic heterocycles. The van der Waals surface area contributed by atoms with Gasteiger partial charge in [0.1, 0.15) is 5.75 Å². The van der Waals surface area contributed by atoms with Crippen LogP contribution in [0.25, 0.3) is 0 Å². The average Bonchev–Trinajstić information content (AvgIpc) is 2.62. The molecule has 0 heterocycles. The van der Waals surface area contributed by atoms with E-state index in [0.717, 1.165) is 0 Å². The SMILES string of the molecule is O=C(COC(=O)COc1cc(Cl)c(Cl)cc1Cl)Nc1ccc([N+](=O)[O-])cc1. The zero-order valence-electron chi connectivity index (χ0n) is 13.4. The lowest BCUT2D eigenvalue weighted by molar-refractivity contribution is -0.384. The van der Waals surface area contributed by atoms with Crippen LogP contribution in [-0.2, 0) is 14.3 Å². The number of hydrogen-bond donors (Lipinski definition) is 1. The van der Waals surface area contributed by atoms with Crippen molar-refractivity contribution in [2.75, 3.05) is 18.5 Å². The molecule has 2 aromatic rings. The van der Waals surface area contributed by atoms with Gasteiger partial charge in [0.05, 0.1) is 20.0 Å². The van der Waals surface area contributed by atoms with Gasteiger partial charge in [0.25, 0.3) is 11.6 Å². The zero-order valence-corrected chi connectivity index (χ0v) is 15.7. The molecule has 1 amide bonds. The third kappa shape index (κ3) is 6.28. The van der Waals surface area contributed by atoms with E-state index in [4.69, 9.17) is 44.3 Å². The fourth-order valence-electron chi connectivity index (χ4n) is 1.80. The number of nitro groups is 1. The fourth-order valence-corrected chi connectivity index (χ4v) is 2.39. The molecular formula is C16H11Cl3N2O6. The summed E-state index contributed by atoms with van der Waals surface area (Å²) >= 11 is 17.5. The van der Waals surface area contributed by atoms with E-state index in [2.05, 4.69) is 5.32 Å². The lowest BCUT2D eigenvalue weighted by atomic mass is 10.3. The average molecular weight is 434 g/mol. The van der Waals surface area contributed by atoms with Crippen LogP contribution in [0.15, 0.2) is 36.4 Å². The summed E-state index contributed by atoms with van der Waals surface area (Å²) in [5, 5.41) is 13.6. The maximum Gasteiger partial charge on any atom is 0.344 e. The molecule has 0 unspecified atom stereocenters. The molecule has 142 valence electrons. The molecule has 2 aromatic carbocycles. The number of carbonyl (C=O) groups excluding carboxylic acids is 2. The maximum absolute atomic E-state index is 11.7. The van der Waals surface area contributed by atoms with Crippen molar-refractivity contribution in [3.63, 3.8) is 0 Å². The highest BCUT2D eigenvalue weighted by molar-refractivity contribution is 6.43. The molecule has 0 aliphatic carbocycles. The van der Waals surface area contributed by atoms with E-state index in [1.165, 1.54) is 36.4 Å². The Morgan fingerprint density at radius 2 is 1.63 bits per heavy atom. The van der Waals surface area contributed by atoms with E-state index in [1.807, 2.05) is 0 Å². The van der Waals surface area contributed by atoms with Gasteiger partial charge in [-0.05, 0) is 18.2 Å². The topological polar surface area (TPSA) is 108 Å². The Morgan fingerprint density at radius 1 is 1.00 bits per heavy atom. The van der Waals surface area contributed by atoms with Gasteiger partial charge in [0.2, 0.25) is 0 Å². The van der Waals surface area contributed by atoms with Crippen LogP contribution >= 0.6 is 34.8 Å². The standard InChI is InChI=1S/C16H11Cl3N2O6/c17-11-5-13(19)14(6-12(11)18)26-8-16(23)27-7-15(22)20-9-1-3-10(4-2-9)21(24)25/h1-6H,7-8H2,(H,20,22). The molecule has 0 saturated carbocycles. The van der Waals surface area contributed by atoms with Gasteiger partial charge in [0, 0.05) is 23.9 Å². The van der Waals surface area contributed by atoms with Crippen LogP contribution in [0.3, 0.4) is 0 Å². The van der Waals surface area contributed by atoms with E-state index in [-0.39, 0.29) is 26.5 Å². The van der Waals surface area contributed by atoms with Crippen LogP contribution in [0.2, 0.25) is 15.1 Å². The molecule has 0 radical (unpaired) electrons. The molecule has 0 fully saturated rings. The van der Waals surface area contributed by atoms with Crippen molar-refractivity contribution in [2.24, 2.45) is 0 Å². The fraction of sp³-hybridized carbons (Fsp3) is 0.125. The van der Waals surface area contributed by atoms with Gasteiger partial charge in [-0.2, -0.15) is 0 Å². The highest BCUT2D eigenvalue weighted by Crippen LogP contribution is 2.33. The van der Waals surface area contributed by atoms with Gasteiger partial charge in [-0.25, -0.2) is 4.79 Å². The summed E-state index contributed by atoms with van der Waals surface area (Å²) in [4.78, 5) is 33.4. The summed E-state index contributed by atoms with van der Waals surface area (Å²) in [5.74, 6) is -1.29. The number of non-ortho nitro benzene ring substituents is 1. The van der Waals surface area contributed by atoms with Gasteiger partial charge < -0.3 is 14.8 Å². The van der Waals surface area contributed by atoms with Gasteiger partial charge in [-0.15, -0.1) is 0 Å². The van der Waals surface area contributed by atoms with E-state index in [1.54, 1.807) is 0 Å². The predicted molar refractivity (Wildman–Crippen MR) is 99.7 cm³/mol. The van der Waals surface area contributed by atoms with Crippen molar-refractivity contribution in [3.05, 3.63) is 61.6 Å². The summed E-state index contributed by atoms with van der Waals surface area (Å²) in [6.45, 7) is -1.06. The minimum atomic E-state index is -0.809. The number of benzene rings is 2. The Hall–Kier alpha value is -2.55. The van der Waals surface area contributed by atoms with Crippen LogP contribution < -0.4 is 10.1 Å². The molecule has 8 nitrogen and oxygen atoms in total. The number of nitrogens with zero attached hydrogens (tertiary/aromatic N) is 1. The Morgan fingerprint density at radius 3 is 2.26 bits per heavy atom. The summed E-state index contributed by atoms with van der Waals surface area (Å²) < 4.78 is 9.94. The lowest BCUT2D eigenvalue weighted by Gasteiger charge is -2.09. The van der Waals surface area contributed by atoms with Crippen molar-refractivity contribution in [3.8, 4) is 5.75 Å². The monoisotopic (exact) mass is 432 g/mol. The molecular weight excluding hydrogens is 423 g/mol. The summed E-state index contributed by atoms with van der Waals surface area (Å²) in [6, 6.07) is 7.89.